The van der Waals surface area contributed by atoms with E-state index in [1.165, 1.54) is 11.3 Å². The fourth-order valence-corrected chi connectivity index (χ4v) is 2.29. The highest BCUT2D eigenvalue weighted by atomic mass is 16.5. The smallest absolute Gasteiger partial charge is 0.307 e. The van der Waals surface area contributed by atoms with Crippen LogP contribution in [0.5, 0.6) is 0 Å². The summed E-state index contributed by atoms with van der Waals surface area (Å²) in [6, 6.07) is -0.169. The average Bonchev–Trinajstić information content (AvgIpc) is 2.62. The number of carbonyl (C=O) groups is 1. The predicted molar refractivity (Wildman–Crippen MR) is 65.0 cm³/mol. The first-order valence-electron chi connectivity index (χ1n) is 6.26. The van der Waals surface area contributed by atoms with Crippen LogP contribution in [0.4, 0.5) is 0 Å². The quantitative estimate of drug-likeness (QED) is 0.494. The molecule has 6 nitrogen and oxygen atoms in total. The summed E-state index contributed by atoms with van der Waals surface area (Å²) in [5.41, 5.74) is 2.92. The van der Waals surface area contributed by atoms with Crippen molar-refractivity contribution in [3.05, 3.63) is 11.8 Å². The molecule has 3 N–H and O–H groups in total. The Kier molecular flexibility index (Phi) is 6.11. The van der Waals surface area contributed by atoms with Gasteiger partial charge in [0.2, 0.25) is 0 Å². The van der Waals surface area contributed by atoms with Gasteiger partial charge in [-0.05, 0) is 33.1 Å². The van der Waals surface area contributed by atoms with Gasteiger partial charge in [0.15, 0.2) is 0 Å². The number of ether oxygens (including phenoxy) is 1. The lowest BCUT2D eigenvalue weighted by atomic mass is 10.1. The Morgan fingerprint density at radius 2 is 2.06 bits per heavy atom. The first kappa shape index (κ1) is 14.9. The number of hydrogen-bond donors (Lipinski definition) is 3. The summed E-state index contributed by atoms with van der Waals surface area (Å²) in [4.78, 5) is 11.4. The molecule has 0 aromatic carbocycles. The second-order valence-electron chi connectivity index (χ2n) is 4.60. The number of hydroxylamine groups is 3. The number of rotatable bonds is 6. The fraction of sp³-hybridized carbons (Fsp3) is 0.750. The van der Waals surface area contributed by atoms with Crippen LogP contribution in [-0.4, -0.2) is 40.1 Å². The summed E-state index contributed by atoms with van der Waals surface area (Å²) in [7, 11) is 0. The Hall–Kier alpha value is -1.11. The first-order valence-corrected chi connectivity index (χ1v) is 6.26. The normalized spacial score (nSPS) is 25.2. The zero-order valence-electron chi connectivity index (χ0n) is 10.9. The summed E-state index contributed by atoms with van der Waals surface area (Å²) in [5, 5.41) is 19.8. The maximum atomic E-state index is 11.4. The minimum atomic E-state index is -0.272. The van der Waals surface area contributed by atoms with Crippen molar-refractivity contribution in [1.82, 2.24) is 10.5 Å². The van der Waals surface area contributed by atoms with Crippen molar-refractivity contribution in [1.29, 1.82) is 0 Å². The van der Waals surface area contributed by atoms with Crippen LogP contribution in [0.3, 0.4) is 0 Å². The van der Waals surface area contributed by atoms with Gasteiger partial charge in [-0.25, -0.2) is 0 Å². The highest BCUT2D eigenvalue weighted by Gasteiger charge is 2.33. The molecule has 0 saturated carbocycles. The molecule has 18 heavy (non-hydrogen) atoms. The molecular weight excluding hydrogens is 236 g/mol. The lowest BCUT2D eigenvalue weighted by molar-refractivity contribution is -0.157. The minimum Gasteiger partial charge on any atom is -0.466 e. The van der Waals surface area contributed by atoms with Crippen LogP contribution in [0.25, 0.3) is 0 Å². The minimum absolute atomic E-state index is 0.00553. The third-order valence-electron chi connectivity index (χ3n) is 3.16. The van der Waals surface area contributed by atoms with E-state index in [0.29, 0.717) is 13.0 Å². The number of nitrogens with zero attached hydrogens (tertiary/aromatic N) is 1. The number of carbonyl (C=O) groups excluding carboxylic acids is 1. The standard InChI is InChI=1S/C12H22N2O4/c1-3-18-12(15)7-11-5-4-10(14(11)17)6-9(2)8-13-16/h8,10-11,13,16-17H,3-7H2,1-2H3/b9-8+/t10-,11+/m1/s1. The molecule has 1 fully saturated rings. The second kappa shape index (κ2) is 7.35. The van der Waals surface area contributed by atoms with Crippen LogP contribution in [-0.2, 0) is 9.53 Å². The predicted octanol–water partition coefficient (Wildman–Crippen LogP) is 1.43. The summed E-state index contributed by atoms with van der Waals surface area (Å²) in [5.74, 6) is -0.272. The third-order valence-corrected chi connectivity index (χ3v) is 3.16. The van der Waals surface area contributed by atoms with Crippen LogP contribution >= 0.6 is 0 Å². The van der Waals surface area contributed by atoms with E-state index < -0.39 is 0 Å². The summed E-state index contributed by atoms with van der Waals surface area (Å²) < 4.78 is 4.88. The van der Waals surface area contributed by atoms with Crippen molar-refractivity contribution in [2.45, 2.75) is 51.6 Å². The third kappa shape index (κ3) is 4.29. The number of nitrogens with one attached hydrogen (secondary N) is 1. The zero-order chi connectivity index (χ0) is 13.5. The Balaban J connectivity index is 2.44. The van der Waals surface area contributed by atoms with Gasteiger partial charge in [-0.1, -0.05) is 5.57 Å². The van der Waals surface area contributed by atoms with E-state index in [4.69, 9.17) is 9.94 Å². The van der Waals surface area contributed by atoms with Gasteiger partial charge in [0.1, 0.15) is 0 Å². The van der Waals surface area contributed by atoms with Crippen molar-refractivity contribution in [2.75, 3.05) is 6.61 Å². The molecular formula is C12H22N2O4. The SMILES string of the molecule is CCOC(=O)C[C@@H]1CC[C@H](C/C(C)=C/NO)N1O. The maximum Gasteiger partial charge on any atom is 0.307 e. The average molecular weight is 258 g/mol. The Morgan fingerprint density at radius 1 is 1.44 bits per heavy atom. The van der Waals surface area contributed by atoms with E-state index >= 15 is 0 Å². The second-order valence-corrected chi connectivity index (χ2v) is 4.60. The highest BCUT2D eigenvalue weighted by molar-refractivity contribution is 5.70. The lowest BCUT2D eigenvalue weighted by Gasteiger charge is -2.23. The Morgan fingerprint density at radius 3 is 2.61 bits per heavy atom. The molecule has 0 aromatic heterocycles. The number of esters is 1. The molecule has 104 valence electrons. The van der Waals surface area contributed by atoms with Crippen LogP contribution in [0.15, 0.2) is 11.8 Å². The molecule has 0 unspecified atom stereocenters. The molecule has 1 rings (SSSR count). The van der Waals surface area contributed by atoms with Crippen LogP contribution in [0, 0.1) is 0 Å². The molecule has 0 aromatic rings. The molecule has 1 aliphatic heterocycles. The van der Waals surface area contributed by atoms with Gasteiger partial charge < -0.3 is 9.94 Å². The summed E-state index contributed by atoms with van der Waals surface area (Å²) in [6.45, 7) is 4.00. The van der Waals surface area contributed by atoms with Crippen LogP contribution < -0.4 is 5.48 Å². The monoisotopic (exact) mass is 258 g/mol. The van der Waals surface area contributed by atoms with Crippen molar-refractivity contribution in [3.8, 4) is 0 Å². The van der Waals surface area contributed by atoms with E-state index in [0.717, 1.165) is 18.4 Å². The van der Waals surface area contributed by atoms with Crippen LogP contribution in [0.2, 0.25) is 0 Å². The topological polar surface area (TPSA) is 82.0 Å². The van der Waals surface area contributed by atoms with Gasteiger partial charge in [0.25, 0.3) is 0 Å². The number of hydrogen-bond acceptors (Lipinski definition) is 6. The van der Waals surface area contributed by atoms with Gasteiger partial charge in [0.05, 0.1) is 13.0 Å². The Labute approximate surface area is 107 Å². The molecule has 1 saturated heterocycles. The van der Waals surface area contributed by atoms with Gasteiger partial charge in [-0.15, -0.1) is 0 Å². The Bertz CT molecular complexity index is 306. The summed E-state index contributed by atoms with van der Waals surface area (Å²) in [6.07, 6.45) is 3.98. The zero-order valence-corrected chi connectivity index (χ0v) is 10.9. The first-order chi connectivity index (χ1) is 8.58. The van der Waals surface area contributed by atoms with Crippen molar-refractivity contribution >= 4 is 5.97 Å². The molecule has 0 spiro atoms. The molecule has 1 heterocycles. The van der Waals surface area contributed by atoms with Gasteiger partial charge in [-0.3, -0.25) is 15.5 Å². The van der Waals surface area contributed by atoms with Gasteiger partial charge >= 0.3 is 5.97 Å². The van der Waals surface area contributed by atoms with E-state index in [2.05, 4.69) is 0 Å². The van der Waals surface area contributed by atoms with E-state index in [-0.39, 0.29) is 24.5 Å². The van der Waals surface area contributed by atoms with E-state index in [1.807, 2.05) is 12.4 Å². The molecule has 0 bridgehead atoms. The fourth-order valence-electron chi connectivity index (χ4n) is 2.29. The van der Waals surface area contributed by atoms with Crippen molar-refractivity contribution in [3.63, 3.8) is 0 Å². The molecule has 6 heteroatoms. The van der Waals surface area contributed by atoms with Crippen molar-refractivity contribution in [2.24, 2.45) is 0 Å². The highest BCUT2D eigenvalue weighted by Crippen LogP contribution is 2.28. The molecule has 0 amide bonds. The molecule has 0 aliphatic carbocycles. The largest absolute Gasteiger partial charge is 0.466 e. The van der Waals surface area contributed by atoms with Crippen molar-refractivity contribution < 1.29 is 19.9 Å². The van der Waals surface area contributed by atoms with E-state index in [9.17, 15) is 10.0 Å². The molecule has 2 atom stereocenters. The summed E-state index contributed by atoms with van der Waals surface area (Å²) >= 11 is 0. The molecule has 0 radical (unpaired) electrons. The molecule has 1 aliphatic rings. The van der Waals surface area contributed by atoms with Gasteiger partial charge in [-0.2, -0.15) is 5.06 Å². The van der Waals surface area contributed by atoms with E-state index in [1.54, 1.807) is 6.92 Å². The van der Waals surface area contributed by atoms with Gasteiger partial charge in [0, 0.05) is 18.3 Å². The lowest BCUT2D eigenvalue weighted by Crippen LogP contribution is -2.34. The van der Waals surface area contributed by atoms with Crippen LogP contribution in [0.1, 0.15) is 39.5 Å². The maximum absolute atomic E-state index is 11.4.